The third-order valence-corrected chi connectivity index (χ3v) is 3.67. The van der Waals surface area contributed by atoms with Crippen molar-refractivity contribution >= 4 is 24.0 Å². The van der Waals surface area contributed by atoms with Crippen molar-refractivity contribution in [3.63, 3.8) is 0 Å². The van der Waals surface area contributed by atoms with Gasteiger partial charge in [-0.2, -0.15) is 0 Å². The molecular weight excluding hydrogens is 352 g/mol. The van der Waals surface area contributed by atoms with E-state index >= 15 is 0 Å². The van der Waals surface area contributed by atoms with Crippen LogP contribution in [0.2, 0.25) is 0 Å². The average molecular weight is 379 g/mol. The summed E-state index contributed by atoms with van der Waals surface area (Å²) in [4.78, 5) is 12.1. The Morgan fingerprint density at radius 2 is 1.81 bits per heavy atom. The molecule has 0 aliphatic carbocycles. The van der Waals surface area contributed by atoms with Crippen molar-refractivity contribution in [1.29, 1.82) is 0 Å². The summed E-state index contributed by atoms with van der Waals surface area (Å²) in [5.41, 5.74) is 8.29. The first-order valence-electron chi connectivity index (χ1n) is 8.45. The number of hydrogen-bond donors (Lipinski definition) is 2. The molecule has 3 N–H and O–H groups in total. The Balaban J connectivity index is 0.00000338. The smallest absolute Gasteiger partial charge is 0.262 e. The molecule has 0 unspecified atom stereocenters. The van der Waals surface area contributed by atoms with E-state index in [1.54, 1.807) is 24.3 Å². The molecule has 0 saturated carbocycles. The van der Waals surface area contributed by atoms with Gasteiger partial charge in [-0.05, 0) is 54.3 Å². The molecule has 2 aromatic rings. The third-order valence-electron chi connectivity index (χ3n) is 3.67. The first-order chi connectivity index (χ1) is 12.0. The maximum Gasteiger partial charge on any atom is 0.262 e. The molecule has 6 heteroatoms. The molecule has 0 radical (unpaired) electrons. The van der Waals surface area contributed by atoms with Gasteiger partial charge in [0.15, 0.2) is 6.61 Å². The zero-order valence-corrected chi connectivity index (χ0v) is 16.3. The fourth-order valence-electron chi connectivity index (χ4n) is 2.40. The van der Waals surface area contributed by atoms with Crippen LogP contribution in [0, 0.1) is 6.92 Å². The topological polar surface area (TPSA) is 73.6 Å². The van der Waals surface area contributed by atoms with Crippen LogP contribution in [-0.2, 0) is 4.79 Å². The van der Waals surface area contributed by atoms with Gasteiger partial charge in [-0.15, -0.1) is 12.4 Å². The number of benzene rings is 2. The number of halogens is 1. The number of nitrogens with one attached hydrogen (secondary N) is 1. The lowest BCUT2D eigenvalue weighted by Crippen LogP contribution is -2.20. The van der Waals surface area contributed by atoms with Crippen molar-refractivity contribution in [2.75, 3.05) is 25.1 Å². The number of aryl methyl sites for hydroxylation is 1. The second-order valence-electron chi connectivity index (χ2n) is 6.19. The highest BCUT2D eigenvalue weighted by molar-refractivity contribution is 5.91. The fraction of sp³-hybridized carbons (Fsp3) is 0.350. The van der Waals surface area contributed by atoms with Crippen LogP contribution < -0.4 is 20.5 Å². The molecule has 2 rings (SSSR count). The predicted molar refractivity (Wildman–Crippen MR) is 108 cm³/mol. The number of rotatable bonds is 8. The van der Waals surface area contributed by atoms with E-state index in [1.807, 2.05) is 19.1 Å². The molecule has 1 amide bonds. The van der Waals surface area contributed by atoms with Crippen molar-refractivity contribution in [2.45, 2.75) is 26.7 Å². The average Bonchev–Trinajstić information content (AvgIpc) is 2.59. The maximum atomic E-state index is 12.1. The minimum Gasteiger partial charge on any atom is -0.492 e. The van der Waals surface area contributed by atoms with E-state index in [0.717, 1.165) is 22.6 Å². The van der Waals surface area contributed by atoms with Crippen LogP contribution >= 0.6 is 12.4 Å². The first-order valence-corrected chi connectivity index (χ1v) is 8.45. The molecule has 142 valence electrons. The Kier molecular flexibility index (Phi) is 8.96. The largest absolute Gasteiger partial charge is 0.492 e. The number of carbonyl (C=O) groups excluding carboxylic acids is 1. The summed E-state index contributed by atoms with van der Waals surface area (Å²) in [6.07, 6.45) is 0. The zero-order valence-electron chi connectivity index (χ0n) is 15.5. The standard InChI is InChI=1S/C20H26N2O3.ClH/c1-14(2)18-9-4-15(3)12-19(18)25-13-20(23)22-16-5-7-17(8-6-16)24-11-10-21;/h4-9,12,14H,10-11,13,21H2,1-3H3,(H,22,23);1H. The number of carbonyl (C=O) groups is 1. The van der Waals surface area contributed by atoms with E-state index in [0.29, 0.717) is 24.8 Å². The molecule has 26 heavy (non-hydrogen) atoms. The number of nitrogens with two attached hydrogens (primary N) is 1. The van der Waals surface area contributed by atoms with Crippen molar-refractivity contribution in [1.82, 2.24) is 0 Å². The highest BCUT2D eigenvalue weighted by atomic mass is 35.5. The van der Waals surface area contributed by atoms with Crippen LogP contribution in [0.4, 0.5) is 5.69 Å². The van der Waals surface area contributed by atoms with Gasteiger partial charge in [0.05, 0.1) is 0 Å². The summed E-state index contributed by atoms with van der Waals surface area (Å²) in [7, 11) is 0. The summed E-state index contributed by atoms with van der Waals surface area (Å²) >= 11 is 0. The maximum absolute atomic E-state index is 12.1. The Labute approximate surface area is 161 Å². The summed E-state index contributed by atoms with van der Waals surface area (Å²) in [6, 6.07) is 13.2. The Morgan fingerprint density at radius 3 is 2.42 bits per heavy atom. The summed E-state index contributed by atoms with van der Waals surface area (Å²) in [5.74, 6) is 1.61. The van der Waals surface area contributed by atoms with Crippen LogP contribution in [-0.4, -0.2) is 25.7 Å². The second kappa shape index (κ2) is 10.7. The molecular formula is C20H27ClN2O3. The molecule has 0 fully saturated rings. The Hall–Kier alpha value is -2.24. The van der Waals surface area contributed by atoms with Crippen LogP contribution in [0.1, 0.15) is 30.9 Å². The van der Waals surface area contributed by atoms with E-state index in [9.17, 15) is 4.79 Å². The number of anilines is 1. The predicted octanol–water partition coefficient (Wildman–Crippen LogP) is 3.90. The van der Waals surface area contributed by atoms with Gasteiger partial charge in [-0.25, -0.2) is 0 Å². The minimum absolute atomic E-state index is 0. The minimum atomic E-state index is -0.202. The zero-order chi connectivity index (χ0) is 18.2. The second-order valence-corrected chi connectivity index (χ2v) is 6.19. The molecule has 0 spiro atoms. The Bertz CT molecular complexity index is 703. The lowest BCUT2D eigenvalue weighted by Gasteiger charge is -2.15. The van der Waals surface area contributed by atoms with E-state index in [-0.39, 0.29) is 24.9 Å². The fourth-order valence-corrected chi connectivity index (χ4v) is 2.40. The van der Waals surface area contributed by atoms with Gasteiger partial charge >= 0.3 is 0 Å². The third kappa shape index (κ3) is 6.58. The van der Waals surface area contributed by atoms with Crippen molar-refractivity contribution in [3.05, 3.63) is 53.6 Å². The number of amides is 1. The van der Waals surface area contributed by atoms with E-state index in [2.05, 4.69) is 25.2 Å². The Morgan fingerprint density at radius 1 is 1.12 bits per heavy atom. The molecule has 2 aromatic carbocycles. The number of ether oxygens (including phenoxy) is 2. The van der Waals surface area contributed by atoms with Crippen LogP contribution in [0.3, 0.4) is 0 Å². The molecule has 0 heterocycles. The molecule has 0 bridgehead atoms. The molecule has 0 atom stereocenters. The van der Waals surface area contributed by atoms with Gasteiger partial charge in [0, 0.05) is 12.2 Å². The first kappa shape index (κ1) is 21.8. The van der Waals surface area contributed by atoms with E-state index < -0.39 is 0 Å². The number of hydrogen-bond acceptors (Lipinski definition) is 4. The van der Waals surface area contributed by atoms with Gasteiger partial charge in [-0.3, -0.25) is 4.79 Å². The molecule has 0 aromatic heterocycles. The van der Waals surface area contributed by atoms with Gasteiger partial charge in [-0.1, -0.05) is 26.0 Å². The normalized spacial score (nSPS) is 10.2. The summed E-state index contributed by atoms with van der Waals surface area (Å²) in [5, 5.41) is 2.81. The molecule has 5 nitrogen and oxygen atoms in total. The van der Waals surface area contributed by atoms with Crippen molar-refractivity contribution in [3.8, 4) is 11.5 Å². The van der Waals surface area contributed by atoms with E-state index in [1.165, 1.54) is 0 Å². The molecule has 0 saturated heterocycles. The van der Waals surface area contributed by atoms with Crippen LogP contribution in [0.15, 0.2) is 42.5 Å². The monoisotopic (exact) mass is 378 g/mol. The van der Waals surface area contributed by atoms with Crippen molar-refractivity contribution < 1.29 is 14.3 Å². The summed E-state index contributed by atoms with van der Waals surface area (Å²) < 4.78 is 11.1. The van der Waals surface area contributed by atoms with Gasteiger partial charge in [0.1, 0.15) is 18.1 Å². The quantitative estimate of drug-likeness (QED) is 0.730. The lowest BCUT2D eigenvalue weighted by atomic mass is 10.0. The van der Waals surface area contributed by atoms with Gasteiger partial charge < -0.3 is 20.5 Å². The molecule has 0 aliphatic rings. The summed E-state index contributed by atoms with van der Waals surface area (Å²) in [6.45, 7) is 7.11. The van der Waals surface area contributed by atoms with E-state index in [4.69, 9.17) is 15.2 Å². The van der Waals surface area contributed by atoms with Crippen LogP contribution in [0.5, 0.6) is 11.5 Å². The lowest BCUT2D eigenvalue weighted by molar-refractivity contribution is -0.118. The SMILES string of the molecule is Cc1ccc(C(C)C)c(OCC(=O)Nc2ccc(OCCN)cc2)c1.Cl. The van der Waals surface area contributed by atoms with Crippen molar-refractivity contribution in [2.24, 2.45) is 5.73 Å². The molecule has 0 aliphatic heterocycles. The highest BCUT2D eigenvalue weighted by Gasteiger charge is 2.10. The van der Waals surface area contributed by atoms with Crippen LogP contribution in [0.25, 0.3) is 0 Å². The van der Waals surface area contributed by atoms with Gasteiger partial charge in [0.25, 0.3) is 5.91 Å². The highest BCUT2D eigenvalue weighted by Crippen LogP contribution is 2.27. The van der Waals surface area contributed by atoms with Gasteiger partial charge in [0.2, 0.25) is 0 Å².